The van der Waals surface area contributed by atoms with Crippen LogP contribution in [0.3, 0.4) is 0 Å². The first-order valence-corrected chi connectivity index (χ1v) is 10.9. The van der Waals surface area contributed by atoms with Crippen LogP contribution in [0, 0.1) is 0 Å². The fraction of sp³-hybridized carbons (Fsp3) is 1.00. The second-order valence-electron chi connectivity index (χ2n) is 6.11. The Labute approximate surface area is 129 Å². The minimum absolute atomic E-state index is 0.790. The van der Waals surface area contributed by atoms with Crippen LogP contribution in [0.5, 0.6) is 0 Å². The molecule has 0 radical (unpaired) electrons. The van der Waals surface area contributed by atoms with Crippen LogP contribution in [0.15, 0.2) is 0 Å². The third kappa shape index (κ3) is 18.5. The third-order valence-corrected chi connectivity index (χ3v) is 5.66. The van der Waals surface area contributed by atoms with Gasteiger partial charge in [-0.15, -0.1) is 0 Å². The Morgan fingerprint density at radius 2 is 0.737 bits per heavy atom. The van der Waals surface area contributed by atoms with Gasteiger partial charge in [-0.05, 0) is 0 Å². The second kappa shape index (κ2) is 18.5. The molecule has 0 fully saturated rings. The van der Waals surface area contributed by atoms with Gasteiger partial charge in [0, 0.05) is 0 Å². The van der Waals surface area contributed by atoms with Crippen molar-refractivity contribution in [2.45, 2.75) is 114 Å². The van der Waals surface area contributed by atoms with Crippen molar-refractivity contribution in [3.05, 3.63) is 0 Å². The van der Waals surface area contributed by atoms with Gasteiger partial charge in [0.1, 0.15) is 0 Å². The summed E-state index contributed by atoms with van der Waals surface area (Å²) in [6.07, 6.45) is 20.6. The molecule has 0 aromatic carbocycles. The van der Waals surface area contributed by atoms with Crippen molar-refractivity contribution in [2.24, 2.45) is 0 Å². The van der Waals surface area contributed by atoms with Crippen molar-refractivity contribution >= 4 is 15.2 Å². The fourth-order valence-electron chi connectivity index (χ4n) is 2.64. The van der Waals surface area contributed by atoms with E-state index in [0.29, 0.717) is 0 Å². The van der Waals surface area contributed by atoms with Crippen LogP contribution in [0.2, 0.25) is 10.6 Å². The molecule has 0 N–H and O–H groups in total. The molecule has 0 heterocycles. The summed E-state index contributed by atoms with van der Waals surface area (Å²) in [6.45, 7) is 4.60. The quantitative estimate of drug-likeness (QED) is 0.210. The van der Waals surface area contributed by atoms with Gasteiger partial charge in [0.05, 0.1) is 0 Å². The van der Waals surface area contributed by atoms with Crippen LogP contribution in [0.4, 0.5) is 0 Å². The molecule has 0 unspecified atom stereocenters. The molecule has 0 aliphatic heterocycles. The maximum atomic E-state index is 2.30. The van der Waals surface area contributed by atoms with Crippen molar-refractivity contribution in [1.82, 2.24) is 0 Å². The SMILES string of the molecule is CCCCCCCC[CH2][Al+][CH2]CCCCCCCC. The molecular weight excluding hydrogens is 243 g/mol. The summed E-state index contributed by atoms with van der Waals surface area (Å²) in [6, 6.07) is 0. The summed E-state index contributed by atoms with van der Waals surface area (Å²) >= 11 is 0.790. The molecule has 0 aromatic heterocycles. The van der Waals surface area contributed by atoms with E-state index < -0.39 is 0 Å². The Hall–Kier alpha value is 0.532. The van der Waals surface area contributed by atoms with E-state index in [1.807, 2.05) is 0 Å². The van der Waals surface area contributed by atoms with Crippen LogP contribution in [-0.2, 0) is 0 Å². The van der Waals surface area contributed by atoms with Crippen molar-refractivity contribution in [3.63, 3.8) is 0 Å². The number of rotatable bonds is 16. The normalized spacial score (nSPS) is 10.6. The summed E-state index contributed by atoms with van der Waals surface area (Å²) in [7, 11) is 0. The molecule has 1 heteroatoms. The molecule has 0 spiro atoms. The Bertz CT molecular complexity index is 129. The molecule has 19 heavy (non-hydrogen) atoms. The molecule has 0 bridgehead atoms. The van der Waals surface area contributed by atoms with E-state index in [1.165, 1.54) is 89.9 Å². The third-order valence-electron chi connectivity index (χ3n) is 4.02. The molecular formula is C18H38Al+. The molecule has 0 rings (SSSR count). The summed E-state index contributed by atoms with van der Waals surface area (Å²) in [4.78, 5) is 0. The van der Waals surface area contributed by atoms with E-state index in [-0.39, 0.29) is 0 Å². The van der Waals surface area contributed by atoms with Crippen molar-refractivity contribution in [2.75, 3.05) is 0 Å². The zero-order valence-corrected chi connectivity index (χ0v) is 15.0. The summed E-state index contributed by atoms with van der Waals surface area (Å²) < 4.78 is 0. The summed E-state index contributed by atoms with van der Waals surface area (Å²) in [5.74, 6) is 0. The van der Waals surface area contributed by atoms with Crippen LogP contribution < -0.4 is 0 Å². The van der Waals surface area contributed by atoms with Gasteiger partial charge in [-0.25, -0.2) is 0 Å². The van der Waals surface area contributed by atoms with E-state index >= 15 is 0 Å². The predicted octanol–water partition coefficient (Wildman–Crippen LogP) is 7.03. The average molecular weight is 281 g/mol. The standard InChI is InChI=1S/2C9H19.Al/c2*1-3-5-7-9-8-6-4-2;/h2*1,3-9H2,2H3;/q;;+1. The van der Waals surface area contributed by atoms with Crippen molar-refractivity contribution in [3.8, 4) is 0 Å². The molecule has 0 nitrogen and oxygen atoms in total. The van der Waals surface area contributed by atoms with Gasteiger partial charge in [-0.1, -0.05) is 0 Å². The Morgan fingerprint density at radius 1 is 0.421 bits per heavy atom. The molecule has 0 aromatic rings. The first-order valence-electron chi connectivity index (χ1n) is 9.23. The first kappa shape index (κ1) is 19.5. The van der Waals surface area contributed by atoms with E-state index in [0.717, 1.165) is 15.2 Å². The molecule has 0 aliphatic rings. The van der Waals surface area contributed by atoms with E-state index in [9.17, 15) is 0 Å². The van der Waals surface area contributed by atoms with Gasteiger partial charge < -0.3 is 0 Å². The molecule has 0 saturated heterocycles. The van der Waals surface area contributed by atoms with Gasteiger partial charge in [-0.3, -0.25) is 0 Å². The van der Waals surface area contributed by atoms with Gasteiger partial charge in [0.25, 0.3) is 0 Å². The van der Waals surface area contributed by atoms with Gasteiger partial charge in [-0.2, -0.15) is 0 Å². The molecule has 0 saturated carbocycles. The fourth-order valence-corrected chi connectivity index (χ4v) is 4.08. The Balaban J connectivity index is 2.88. The Morgan fingerprint density at radius 3 is 1.11 bits per heavy atom. The van der Waals surface area contributed by atoms with E-state index in [1.54, 1.807) is 10.6 Å². The zero-order chi connectivity index (χ0) is 14.0. The van der Waals surface area contributed by atoms with Crippen LogP contribution >= 0.6 is 0 Å². The van der Waals surface area contributed by atoms with Crippen LogP contribution in [0.1, 0.15) is 104 Å². The number of hydrogen-bond donors (Lipinski definition) is 0. The monoisotopic (exact) mass is 281 g/mol. The maximum absolute atomic E-state index is 2.30. The zero-order valence-electron chi connectivity index (χ0n) is 13.9. The Kier molecular flexibility index (Phi) is 19.1. The summed E-state index contributed by atoms with van der Waals surface area (Å²) in [5.41, 5.74) is 0. The molecule has 0 atom stereocenters. The van der Waals surface area contributed by atoms with Gasteiger partial charge >= 0.3 is 130 Å². The predicted molar refractivity (Wildman–Crippen MR) is 91.4 cm³/mol. The van der Waals surface area contributed by atoms with Gasteiger partial charge in [0.15, 0.2) is 0 Å². The van der Waals surface area contributed by atoms with Crippen molar-refractivity contribution in [1.29, 1.82) is 0 Å². The second-order valence-corrected chi connectivity index (χ2v) is 7.84. The minimum atomic E-state index is 0.790. The van der Waals surface area contributed by atoms with Crippen LogP contribution in [0.25, 0.3) is 0 Å². The van der Waals surface area contributed by atoms with E-state index in [2.05, 4.69) is 13.8 Å². The number of hydrogen-bond acceptors (Lipinski definition) is 0. The number of unbranched alkanes of at least 4 members (excludes halogenated alkanes) is 12. The average Bonchev–Trinajstić information content (AvgIpc) is 2.43. The van der Waals surface area contributed by atoms with Gasteiger partial charge in [0.2, 0.25) is 0 Å². The van der Waals surface area contributed by atoms with Crippen molar-refractivity contribution < 1.29 is 0 Å². The first-order chi connectivity index (χ1) is 9.41. The molecule has 112 valence electrons. The topological polar surface area (TPSA) is 0 Å². The van der Waals surface area contributed by atoms with Crippen LogP contribution in [-0.4, -0.2) is 15.2 Å². The summed E-state index contributed by atoms with van der Waals surface area (Å²) in [5, 5.41) is 3.15. The molecule has 0 aliphatic carbocycles. The molecule has 0 amide bonds. The van der Waals surface area contributed by atoms with E-state index in [4.69, 9.17) is 0 Å².